The first-order valence-electron chi connectivity index (χ1n) is 13.6. The third-order valence-electron chi connectivity index (χ3n) is 8.00. The van der Waals surface area contributed by atoms with Crippen LogP contribution in [0, 0.1) is 6.92 Å². The van der Waals surface area contributed by atoms with Gasteiger partial charge in [0, 0.05) is 44.0 Å². The van der Waals surface area contributed by atoms with Crippen LogP contribution in [0.4, 0.5) is 17.3 Å². The number of pyridine rings is 1. The predicted molar refractivity (Wildman–Crippen MR) is 156 cm³/mol. The van der Waals surface area contributed by atoms with E-state index in [9.17, 15) is 4.79 Å². The number of anilines is 3. The molecular weight excluding hydrogens is 518 g/mol. The summed E-state index contributed by atoms with van der Waals surface area (Å²) in [4.78, 5) is 30.5. The zero-order valence-electron chi connectivity index (χ0n) is 22.9. The topological polar surface area (TPSA) is 114 Å². The molecular formula is C30H29N9O2. The molecule has 0 aliphatic carbocycles. The van der Waals surface area contributed by atoms with Crippen molar-refractivity contribution in [1.29, 1.82) is 0 Å². The lowest BCUT2D eigenvalue weighted by atomic mass is 9.90. The molecule has 11 nitrogen and oxygen atoms in total. The highest BCUT2D eigenvalue weighted by atomic mass is 16.5. The zero-order valence-corrected chi connectivity index (χ0v) is 22.9. The highest BCUT2D eigenvalue weighted by Crippen LogP contribution is 2.34. The Morgan fingerprint density at radius 1 is 1.05 bits per heavy atom. The number of piperidine rings is 2. The third-order valence-corrected chi connectivity index (χ3v) is 8.00. The van der Waals surface area contributed by atoms with Crippen molar-refractivity contribution in [3.05, 3.63) is 73.1 Å². The summed E-state index contributed by atoms with van der Waals surface area (Å²) >= 11 is 0. The van der Waals surface area contributed by atoms with Gasteiger partial charge in [0.15, 0.2) is 5.82 Å². The molecule has 0 saturated carbocycles. The number of amides is 1. The van der Waals surface area contributed by atoms with Crippen molar-refractivity contribution in [3.8, 4) is 11.5 Å². The van der Waals surface area contributed by atoms with Crippen molar-refractivity contribution in [2.45, 2.75) is 31.8 Å². The standard InChI is InChI=1S/C30H29N9O2/c1-4-28(40)39-16-20-6-7-21(39)15-38(20)27-12-9-23-29(34-27)30(32-17-31-23)33-19-5-11-26(18(2)13-19)41-22-8-10-25-24(14-22)35-36-37(25)3/h4-5,8-14,17,20-21H,1,6-7,15-16H2,2-3H3,(H,31,32,33). The van der Waals surface area contributed by atoms with Crippen molar-refractivity contribution in [3.63, 3.8) is 0 Å². The summed E-state index contributed by atoms with van der Waals surface area (Å²) in [5.74, 6) is 2.95. The number of ether oxygens (including phenoxy) is 1. The van der Waals surface area contributed by atoms with Crippen molar-refractivity contribution >= 4 is 45.3 Å². The number of hydrogen-bond acceptors (Lipinski definition) is 9. The Morgan fingerprint density at radius 2 is 1.93 bits per heavy atom. The van der Waals surface area contributed by atoms with Gasteiger partial charge in [-0.3, -0.25) is 4.79 Å². The number of benzene rings is 2. The number of aryl methyl sites for hydroxylation is 2. The molecule has 2 unspecified atom stereocenters. The molecule has 0 radical (unpaired) electrons. The van der Waals surface area contributed by atoms with E-state index in [1.165, 1.54) is 6.08 Å². The Balaban J connectivity index is 1.12. The normalized spacial score (nSPS) is 18.2. The highest BCUT2D eigenvalue weighted by molar-refractivity contribution is 5.89. The molecule has 206 valence electrons. The van der Waals surface area contributed by atoms with Crippen LogP contribution < -0.4 is 15.0 Å². The van der Waals surface area contributed by atoms with Gasteiger partial charge in [0.2, 0.25) is 5.91 Å². The van der Waals surface area contributed by atoms with Crippen LogP contribution in [0.3, 0.4) is 0 Å². The molecule has 3 aliphatic heterocycles. The number of fused-ring (bicyclic) bond motifs is 5. The number of carbonyl (C=O) groups excluding carboxylic acids is 1. The monoisotopic (exact) mass is 547 g/mol. The molecule has 1 N–H and O–H groups in total. The summed E-state index contributed by atoms with van der Waals surface area (Å²) in [6, 6.07) is 16.0. The minimum absolute atomic E-state index is 0.00369. The molecule has 3 aliphatic rings. The van der Waals surface area contributed by atoms with E-state index in [0.717, 1.165) is 58.8 Å². The van der Waals surface area contributed by atoms with E-state index in [4.69, 9.17) is 9.72 Å². The van der Waals surface area contributed by atoms with Gasteiger partial charge in [-0.05, 0) is 73.9 Å². The molecule has 1 amide bonds. The second kappa shape index (κ2) is 9.84. The molecule has 3 fully saturated rings. The number of rotatable bonds is 6. The van der Waals surface area contributed by atoms with Crippen LogP contribution in [0.25, 0.3) is 22.1 Å². The molecule has 5 aromatic rings. The summed E-state index contributed by atoms with van der Waals surface area (Å²) in [7, 11) is 1.86. The first-order valence-corrected chi connectivity index (χ1v) is 13.6. The van der Waals surface area contributed by atoms with E-state index in [0.29, 0.717) is 23.6 Å². The summed E-state index contributed by atoms with van der Waals surface area (Å²) in [5.41, 5.74) is 5.00. The van der Waals surface area contributed by atoms with Gasteiger partial charge >= 0.3 is 0 Å². The van der Waals surface area contributed by atoms with Crippen LogP contribution in [0.15, 0.2) is 67.5 Å². The Hall–Kier alpha value is -5.06. The third kappa shape index (κ3) is 4.48. The molecule has 3 saturated heterocycles. The lowest BCUT2D eigenvalue weighted by Crippen LogP contribution is -2.64. The average Bonchev–Trinajstić information content (AvgIpc) is 3.37. The van der Waals surface area contributed by atoms with Gasteiger partial charge in [0.05, 0.1) is 11.0 Å². The lowest BCUT2D eigenvalue weighted by Gasteiger charge is -2.51. The number of nitrogens with zero attached hydrogens (tertiary/aromatic N) is 8. The summed E-state index contributed by atoms with van der Waals surface area (Å²) in [6.45, 7) is 7.11. The second-order valence-corrected chi connectivity index (χ2v) is 10.6. The van der Waals surface area contributed by atoms with Crippen LogP contribution >= 0.6 is 0 Å². The number of nitrogens with one attached hydrogen (secondary N) is 1. The number of aromatic nitrogens is 6. The van der Waals surface area contributed by atoms with Crippen LogP contribution in [0.1, 0.15) is 18.4 Å². The Kier molecular flexibility index (Phi) is 5.99. The van der Waals surface area contributed by atoms with Gasteiger partial charge in [-0.2, -0.15) is 0 Å². The quantitative estimate of drug-likeness (QED) is 0.307. The van der Waals surface area contributed by atoms with Crippen LogP contribution in [-0.4, -0.2) is 65.9 Å². The van der Waals surface area contributed by atoms with Crippen LogP contribution in [0.2, 0.25) is 0 Å². The summed E-state index contributed by atoms with van der Waals surface area (Å²) < 4.78 is 7.89. The van der Waals surface area contributed by atoms with Crippen LogP contribution in [-0.2, 0) is 11.8 Å². The number of piperazine rings is 1. The maximum absolute atomic E-state index is 12.3. The Bertz CT molecular complexity index is 1820. The molecule has 11 heteroatoms. The maximum Gasteiger partial charge on any atom is 0.246 e. The van der Waals surface area contributed by atoms with E-state index in [2.05, 4.69) is 37.1 Å². The van der Waals surface area contributed by atoms with Gasteiger partial charge in [-0.15, -0.1) is 5.10 Å². The van der Waals surface area contributed by atoms with Crippen LogP contribution in [0.5, 0.6) is 11.5 Å². The van der Waals surface area contributed by atoms with Gasteiger partial charge in [0.1, 0.15) is 34.7 Å². The fraction of sp³-hybridized carbons (Fsp3) is 0.267. The molecule has 3 aromatic heterocycles. The second-order valence-electron chi connectivity index (χ2n) is 10.6. The fourth-order valence-electron chi connectivity index (χ4n) is 5.87. The van der Waals surface area contributed by atoms with E-state index in [-0.39, 0.29) is 18.0 Å². The van der Waals surface area contributed by atoms with E-state index in [1.807, 2.05) is 67.4 Å². The highest BCUT2D eigenvalue weighted by Gasteiger charge is 2.41. The molecule has 2 bridgehead atoms. The summed E-state index contributed by atoms with van der Waals surface area (Å²) in [6.07, 6.45) is 4.98. The van der Waals surface area contributed by atoms with Gasteiger partial charge in [0.25, 0.3) is 0 Å². The predicted octanol–water partition coefficient (Wildman–Crippen LogP) is 4.52. The molecule has 8 rings (SSSR count). The van der Waals surface area contributed by atoms with E-state index in [1.54, 1.807) is 11.0 Å². The maximum atomic E-state index is 12.3. The van der Waals surface area contributed by atoms with Crippen molar-refractivity contribution in [2.75, 3.05) is 23.3 Å². The van der Waals surface area contributed by atoms with Crippen molar-refractivity contribution in [2.24, 2.45) is 7.05 Å². The van der Waals surface area contributed by atoms with Gasteiger partial charge < -0.3 is 19.9 Å². The largest absolute Gasteiger partial charge is 0.457 e. The smallest absolute Gasteiger partial charge is 0.246 e. The fourth-order valence-corrected chi connectivity index (χ4v) is 5.87. The zero-order chi connectivity index (χ0) is 28.1. The number of carbonyl (C=O) groups is 1. The Morgan fingerprint density at radius 3 is 2.73 bits per heavy atom. The first-order chi connectivity index (χ1) is 20.0. The summed E-state index contributed by atoms with van der Waals surface area (Å²) in [5, 5.41) is 11.7. The Labute approximate surface area is 236 Å². The molecule has 2 aromatic carbocycles. The average molecular weight is 548 g/mol. The minimum atomic E-state index is 0.00369. The van der Waals surface area contributed by atoms with Crippen molar-refractivity contribution < 1.29 is 9.53 Å². The van der Waals surface area contributed by atoms with E-state index < -0.39 is 0 Å². The van der Waals surface area contributed by atoms with Gasteiger partial charge in [-0.1, -0.05) is 11.8 Å². The van der Waals surface area contributed by atoms with E-state index >= 15 is 0 Å². The molecule has 2 atom stereocenters. The SMILES string of the molecule is C=CC(=O)N1CC2CCC1CN2c1ccc2ncnc(Nc3ccc(Oc4ccc5c(c4)nnn5C)c(C)c3)c2n1. The number of hydrogen-bond donors (Lipinski definition) is 1. The molecule has 6 heterocycles. The van der Waals surface area contributed by atoms with Gasteiger partial charge in [-0.25, -0.2) is 19.6 Å². The lowest BCUT2D eigenvalue weighted by molar-refractivity contribution is -0.131. The van der Waals surface area contributed by atoms with Crippen molar-refractivity contribution in [1.82, 2.24) is 34.8 Å². The molecule has 41 heavy (non-hydrogen) atoms. The first kappa shape index (κ1) is 24.9. The molecule has 0 spiro atoms. The minimum Gasteiger partial charge on any atom is -0.457 e.